The number of nitrogen functional groups attached to an aromatic ring is 1. The number of hydrogen-bond donors (Lipinski definition) is 4. The maximum atomic E-state index is 12.8. The zero-order valence-electron chi connectivity index (χ0n) is 13.5. The van der Waals surface area contributed by atoms with Crippen molar-refractivity contribution in [1.82, 2.24) is 19.1 Å². The van der Waals surface area contributed by atoms with Gasteiger partial charge in [0.15, 0.2) is 17.4 Å². The number of nitrogens with zero attached hydrogens (tertiary/aromatic N) is 3. The standard InChI is InChI=1S/C15H19N5O5/c1-3-5-19-10-11(17-14(16)18-12(10)23)20(15(19)24)13-8(22)6-9(25-13)7(21)4-2/h1,7-9,13,21-22H,4-6H2,2H3,(H3,16,17,18,23)/t7-,8-,9?,13-/m1/s1. The maximum absolute atomic E-state index is 12.8. The number of imidazole rings is 1. The Balaban J connectivity index is 2.20. The lowest BCUT2D eigenvalue weighted by Gasteiger charge is -2.18. The van der Waals surface area contributed by atoms with Gasteiger partial charge in [-0.3, -0.25) is 14.3 Å². The summed E-state index contributed by atoms with van der Waals surface area (Å²) in [6.45, 7) is 1.63. The van der Waals surface area contributed by atoms with Crippen LogP contribution in [0.3, 0.4) is 0 Å². The van der Waals surface area contributed by atoms with Crippen LogP contribution < -0.4 is 17.0 Å². The van der Waals surface area contributed by atoms with E-state index < -0.39 is 35.8 Å². The van der Waals surface area contributed by atoms with Gasteiger partial charge in [-0.15, -0.1) is 6.42 Å². The number of anilines is 1. The first-order valence-corrected chi connectivity index (χ1v) is 7.84. The van der Waals surface area contributed by atoms with Crippen molar-refractivity contribution in [2.75, 3.05) is 5.73 Å². The first-order chi connectivity index (χ1) is 11.9. The zero-order chi connectivity index (χ0) is 18.3. The molecular formula is C15H19N5O5. The van der Waals surface area contributed by atoms with Gasteiger partial charge >= 0.3 is 5.69 Å². The number of aliphatic hydroxyl groups excluding tert-OH is 2. The molecule has 2 aromatic heterocycles. The predicted octanol–water partition coefficient (Wildman–Crippen LogP) is -1.48. The fourth-order valence-electron chi connectivity index (χ4n) is 3.09. The van der Waals surface area contributed by atoms with Crippen LogP contribution in [0.1, 0.15) is 26.0 Å². The van der Waals surface area contributed by atoms with E-state index in [0.717, 1.165) is 9.13 Å². The summed E-state index contributed by atoms with van der Waals surface area (Å²) in [5.74, 6) is 2.13. The molecule has 25 heavy (non-hydrogen) atoms. The Hall–Kier alpha value is -2.61. The Kier molecular flexibility index (Phi) is 4.38. The van der Waals surface area contributed by atoms with Crippen LogP contribution in [0.15, 0.2) is 9.59 Å². The van der Waals surface area contributed by atoms with E-state index >= 15 is 0 Å². The van der Waals surface area contributed by atoms with Gasteiger partial charge in [-0.2, -0.15) is 4.98 Å². The zero-order valence-corrected chi connectivity index (χ0v) is 13.5. The van der Waals surface area contributed by atoms with Crippen molar-refractivity contribution in [3.8, 4) is 12.3 Å². The lowest BCUT2D eigenvalue weighted by molar-refractivity contribution is -0.0759. The second-order valence-corrected chi connectivity index (χ2v) is 5.91. The summed E-state index contributed by atoms with van der Waals surface area (Å²) in [6, 6.07) is 0. The van der Waals surface area contributed by atoms with Gasteiger partial charge in [-0.25, -0.2) is 9.36 Å². The average Bonchev–Trinajstić information content (AvgIpc) is 3.05. The molecule has 1 aliphatic rings. The maximum Gasteiger partial charge on any atom is 0.333 e. The summed E-state index contributed by atoms with van der Waals surface area (Å²) in [5.41, 5.74) is 4.24. The minimum atomic E-state index is -1.10. The molecule has 134 valence electrons. The third kappa shape index (κ3) is 2.72. The Morgan fingerprint density at radius 3 is 2.92 bits per heavy atom. The van der Waals surface area contributed by atoms with E-state index in [2.05, 4.69) is 15.9 Å². The van der Waals surface area contributed by atoms with Crippen molar-refractivity contribution in [2.45, 2.75) is 50.8 Å². The molecule has 0 spiro atoms. The number of fused-ring (bicyclic) bond motifs is 1. The van der Waals surface area contributed by atoms with Crippen LogP contribution in [-0.2, 0) is 11.3 Å². The van der Waals surface area contributed by atoms with E-state index in [4.69, 9.17) is 16.9 Å². The summed E-state index contributed by atoms with van der Waals surface area (Å²) >= 11 is 0. The molecule has 3 heterocycles. The highest BCUT2D eigenvalue weighted by Crippen LogP contribution is 2.32. The summed E-state index contributed by atoms with van der Waals surface area (Å²) < 4.78 is 7.81. The predicted molar refractivity (Wildman–Crippen MR) is 88.7 cm³/mol. The molecule has 5 N–H and O–H groups in total. The lowest BCUT2D eigenvalue weighted by atomic mass is 10.1. The highest BCUT2D eigenvalue weighted by Gasteiger charge is 2.40. The van der Waals surface area contributed by atoms with Crippen molar-refractivity contribution >= 4 is 17.1 Å². The Morgan fingerprint density at radius 1 is 1.56 bits per heavy atom. The van der Waals surface area contributed by atoms with Crippen molar-refractivity contribution in [3.05, 3.63) is 20.8 Å². The molecule has 0 aliphatic carbocycles. The molecule has 4 atom stereocenters. The van der Waals surface area contributed by atoms with Crippen LogP contribution >= 0.6 is 0 Å². The molecule has 2 aromatic rings. The average molecular weight is 349 g/mol. The van der Waals surface area contributed by atoms with E-state index in [1.807, 2.05) is 0 Å². The topological polar surface area (TPSA) is 148 Å². The lowest BCUT2D eigenvalue weighted by Crippen LogP contribution is -2.32. The molecule has 0 amide bonds. The number of ether oxygens (including phenoxy) is 1. The van der Waals surface area contributed by atoms with Gasteiger partial charge in [-0.05, 0) is 6.42 Å². The van der Waals surface area contributed by atoms with Crippen molar-refractivity contribution < 1.29 is 14.9 Å². The van der Waals surface area contributed by atoms with E-state index in [9.17, 15) is 19.8 Å². The highest BCUT2D eigenvalue weighted by molar-refractivity contribution is 5.72. The minimum absolute atomic E-state index is 0.0304. The number of terminal acetylenes is 1. The third-order valence-electron chi connectivity index (χ3n) is 4.30. The van der Waals surface area contributed by atoms with Gasteiger partial charge in [0.2, 0.25) is 5.95 Å². The van der Waals surface area contributed by atoms with Gasteiger partial charge in [-0.1, -0.05) is 12.8 Å². The Bertz CT molecular complexity index is 952. The molecule has 0 aromatic carbocycles. The summed E-state index contributed by atoms with van der Waals surface area (Å²) in [5, 5.41) is 20.3. The number of hydrogen-bond acceptors (Lipinski definition) is 7. The van der Waals surface area contributed by atoms with Crippen LogP contribution in [-0.4, -0.2) is 47.6 Å². The molecule has 3 rings (SSSR count). The molecule has 1 fully saturated rings. The fourth-order valence-corrected chi connectivity index (χ4v) is 3.09. The molecule has 1 unspecified atom stereocenters. The van der Waals surface area contributed by atoms with Gasteiger partial charge in [0.05, 0.1) is 18.8 Å². The highest BCUT2D eigenvalue weighted by atomic mass is 16.5. The van der Waals surface area contributed by atoms with Crippen LogP contribution in [0.5, 0.6) is 0 Å². The molecule has 1 saturated heterocycles. The fraction of sp³-hybridized carbons (Fsp3) is 0.533. The monoisotopic (exact) mass is 349 g/mol. The van der Waals surface area contributed by atoms with Crippen LogP contribution in [0.2, 0.25) is 0 Å². The number of aromatic nitrogens is 4. The van der Waals surface area contributed by atoms with Crippen LogP contribution in [0.25, 0.3) is 11.2 Å². The normalized spacial score (nSPS) is 24.5. The van der Waals surface area contributed by atoms with E-state index in [1.165, 1.54) is 0 Å². The second-order valence-electron chi connectivity index (χ2n) is 5.91. The quantitative estimate of drug-likeness (QED) is 0.492. The van der Waals surface area contributed by atoms with Gasteiger partial charge in [0.1, 0.15) is 6.10 Å². The first-order valence-electron chi connectivity index (χ1n) is 7.84. The van der Waals surface area contributed by atoms with Crippen molar-refractivity contribution in [2.24, 2.45) is 0 Å². The van der Waals surface area contributed by atoms with Gasteiger partial charge < -0.3 is 20.7 Å². The second kappa shape index (κ2) is 6.36. The Labute approximate surface area is 141 Å². The van der Waals surface area contributed by atoms with E-state index in [1.54, 1.807) is 6.92 Å². The Morgan fingerprint density at radius 2 is 2.28 bits per heavy atom. The number of aliphatic hydroxyl groups is 2. The largest absolute Gasteiger partial charge is 0.390 e. The SMILES string of the molecule is C#CCn1c(=O)n([C@@H]2OC([C@H](O)CC)C[C@H]2O)c2nc(N)[nH]c(=O)c21. The molecule has 0 radical (unpaired) electrons. The number of nitrogens with two attached hydrogens (primary N) is 1. The summed E-state index contributed by atoms with van der Waals surface area (Å²) in [4.78, 5) is 31.3. The number of nitrogens with one attached hydrogen (secondary N) is 1. The van der Waals surface area contributed by atoms with E-state index in [-0.39, 0.29) is 30.1 Å². The van der Waals surface area contributed by atoms with Crippen molar-refractivity contribution in [3.63, 3.8) is 0 Å². The number of H-pyrrole nitrogens is 1. The number of rotatable bonds is 4. The van der Waals surface area contributed by atoms with Crippen molar-refractivity contribution in [1.29, 1.82) is 0 Å². The molecule has 0 bridgehead atoms. The molecule has 10 heteroatoms. The minimum Gasteiger partial charge on any atom is -0.390 e. The summed E-state index contributed by atoms with van der Waals surface area (Å²) in [6.07, 6.45) is 2.28. The summed E-state index contributed by atoms with van der Waals surface area (Å²) in [7, 11) is 0. The van der Waals surface area contributed by atoms with Gasteiger partial charge in [0.25, 0.3) is 5.56 Å². The van der Waals surface area contributed by atoms with Crippen LogP contribution in [0, 0.1) is 12.3 Å². The molecule has 10 nitrogen and oxygen atoms in total. The first kappa shape index (κ1) is 17.2. The third-order valence-corrected chi connectivity index (χ3v) is 4.30. The van der Waals surface area contributed by atoms with Crippen LogP contribution in [0.4, 0.5) is 5.95 Å². The van der Waals surface area contributed by atoms with Gasteiger partial charge in [0, 0.05) is 6.42 Å². The number of aromatic amines is 1. The van der Waals surface area contributed by atoms with E-state index in [0.29, 0.717) is 6.42 Å². The molecule has 1 aliphatic heterocycles. The molecule has 0 saturated carbocycles. The smallest absolute Gasteiger partial charge is 0.333 e. The molecular weight excluding hydrogens is 330 g/mol.